The first-order valence-electron chi connectivity index (χ1n) is 6.05. The lowest BCUT2D eigenvalue weighted by Gasteiger charge is -2.33. The summed E-state index contributed by atoms with van der Waals surface area (Å²) in [5.41, 5.74) is 2.21. The lowest BCUT2D eigenvalue weighted by molar-refractivity contribution is -0.128. The summed E-state index contributed by atoms with van der Waals surface area (Å²) in [6.45, 7) is 9.55. The van der Waals surface area contributed by atoms with Crippen LogP contribution >= 0.6 is 0 Å². The molecule has 0 rings (SSSR count). The molecule has 0 aliphatic rings. The number of nitrogens with one attached hydrogen (secondary N) is 1. The van der Waals surface area contributed by atoms with Gasteiger partial charge in [0.25, 0.3) is 5.91 Å². The van der Waals surface area contributed by atoms with E-state index in [1.54, 1.807) is 0 Å². The highest BCUT2D eigenvalue weighted by molar-refractivity contribution is 5.81. The van der Waals surface area contributed by atoms with Crippen molar-refractivity contribution in [2.75, 3.05) is 13.1 Å². The summed E-state index contributed by atoms with van der Waals surface area (Å²) in [5, 5.41) is 8.66. The molecule has 0 spiro atoms. The first kappa shape index (κ1) is 15.9. The Morgan fingerprint density at radius 3 is 2.35 bits per heavy atom. The summed E-state index contributed by atoms with van der Waals surface area (Å²) >= 11 is 0. The maximum absolute atomic E-state index is 11.8. The summed E-state index contributed by atoms with van der Waals surface area (Å²) < 4.78 is 0. The van der Waals surface area contributed by atoms with Crippen molar-refractivity contribution in [2.45, 2.75) is 40.2 Å². The second-order valence-electron chi connectivity index (χ2n) is 4.99. The third-order valence-corrected chi connectivity index (χ3v) is 2.55. The number of carbonyl (C=O) groups excluding carboxylic acids is 1. The van der Waals surface area contributed by atoms with E-state index in [2.05, 4.69) is 25.3 Å². The molecule has 0 aliphatic heterocycles. The summed E-state index contributed by atoms with van der Waals surface area (Å²) in [6, 6.07) is 1.85. The van der Waals surface area contributed by atoms with Gasteiger partial charge in [0.15, 0.2) is 0 Å². The summed E-state index contributed by atoms with van der Waals surface area (Å²) in [6.07, 6.45) is 0.424. The summed E-state index contributed by atoms with van der Waals surface area (Å²) in [5.74, 6) is 5.64. The molecule has 1 atom stereocenters. The van der Waals surface area contributed by atoms with E-state index in [1.165, 1.54) is 0 Å². The molecule has 3 N–H and O–H groups in total. The molecule has 1 amide bonds. The molecule has 0 aliphatic carbocycles. The van der Waals surface area contributed by atoms with Crippen LogP contribution in [0.4, 0.5) is 0 Å². The van der Waals surface area contributed by atoms with E-state index >= 15 is 0 Å². The Kier molecular flexibility index (Phi) is 7.51. The van der Waals surface area contributed by atoms with E-state index in [9.17, 15) is 4.79 Å². The van der Waals surface area contributed by atoms with Gasteiger partial charge in [0.05, 0.1) is 12.1 Å². The van der Waals surface area contributed by atoms with Crippen LogP contribution in [0.5, 0.6) is 0 Å². The SMILES string of the molecule is CC(C)CN(CCC#N)C(C(=O)NN)C(C)C. The number of hydrazine groups is 1. The number of nitriles is 1. The first-order valence-corrected chi connectivity index (χ1v) is 6.05. The topological polar surface area (TPSA) is 82.2 Å². The van der Waals surface area contributed by atoms with Crippen LogP contribution in [0, 0.1) is 23.2 Å². The fraction of sp³-hybridized carbons (Fsp3) is 0.833. The summed E-state index contributed by atoms with van der Waals surface area (Å²) in [4.78, 5) is 13.8. The molecular weight excluding hydrogens is 216 g/mol. The molecule has 5 heteroatoms. The third-order valence-electron chi connectivity index (χ3n) is 2.55. The number of hydrogen-bond donors (Lipinski definition) is 2. The van der Waals surface area contributed by atoms with Gasteiger partial charge in [-0.25, -0.2) is 5.84 Å². The number of hydrogen-bond acceptors (Lipinski definition) is 4. The second kappa shape index (κ2) is 8.04. The Morgan fingerprint density at radius 2 is 2.00 bits per heavy atom. The van der Waals surface area contributed by atoms with Crippen LogP contribution in [0.1, 0.15) is 34.1 Å². The van der Waals surface area contributed by atoms with Crippen molar-refractivity contribution in [2.24, 2.45) is 17.7 Å². The zero-order valence-corrected chi connectivity index (χ0v) is 11.2. The molecule has 0 fully saturated rings. The van der Waals surface area contributed by atoms with E-state index in [-0.39, 0.29) is 17.9 Å². The van der Waals surface area contributed by atoms with Crippen molar-refractivity contribution >= 4 is 5.91 Å². The minimum Gasteiger partial charge on any atom is -0.293 e. The molecule has 0 saturated carbocycles. The Morgan fingerprint density at radius 1 is 1.41 bits per heavy atom. The van der Waals surface area contributed by atoms with Crippen LogP contribution in [-0.4, -0.2) is 29.9 Å². The highest BCUT2D eigenvalue weighted by Gasteiger charge is 2.28. The van der Waals surface area contributed by atoms with Crippen LogP contribution < -0.4 is 11.3 Å². The molecule has 17 heavy (non-hydrogen) atoms. The highest BCUT2D eigenvalue weighted by atomic mass is 16.2. The second-order valence-corrected chi connectivity index (χ2v) is 4.99. The quantitative estimate of drug-likeness (QED) is 0.393. The van der Waals surface area contributed by atoms with E-state index in [4.69, 9.17) is 11.1 Å². The Bertz CT molecular complexity index is 270. The molecule has 0 aromatic carbocycles. The number of nitrogens with two attached hydrogens (primary N) is 1. The predicted molar refractivity (Wildman–Crippen MR) is 67.6 cm³/mol. The average molecular weight is 240 g/mol. The normalized spacial score (nSPS) is 12.9. The van der Waals surface area contributed by atoms with Gasteiger partial charge < -0.3 is 0 Å². The number of carbonyl (C=O) groups is 1. The van der Waals surface area contributed by atoms with Crippen molar-refractivity contribution in [3.05, 3.63) is 0 Å². The van der Waals surface area contributed by atoms with Crippen LogP contribution in [-0.2, 0) is 4.79 Å². The average Bonchev–Trinajstić information content (AvgIpc) is 2.24. The minimum atomic E-state index is -0.268. The maximum atomic E-state index is 11.8. The Hall–Kier alpha value is -1.12. The van der Waals surface area contributed by atoms with E-state index in [1.807, 2.05) is 18.7 Å². The van der Waals surface area contributed by atoms with Gasteiger partial charge in [0.1, 0.15) is 0 Å². The van der Waals surface area contributed by atoms with Gasteiger partial charge in [0.2, 0.25) is 0 Å². The molecule has 0 saturated heterocycles. The lowest BCUT2D eigenvalue weighted by Crippen LogP contribution is -2.52. The van der Waals surface area contributed by atoms with Crippen LogP contribution in [0.3, 0.4) is 0 Å². The van der Waals surface area contributed by atoms with Gasteiger partial charge in [0, 0.05) is 19.5 Å². The molecule has 1 unspecified atom stereocenters. The van der Waals surface area contributed by atoms with Gasteiger partial charge in [-0.2, -0.15) is 5.26 Å². The molecule has 0 bridgehead atoms. The summed E-state index contributed by atoms with van der Waals surface area (Å²) in [7, 11) is 0. The van der Waals surface area contributed by atoms with Crippen LogP contribution in [0.15, 0.2) is 0 Å². The monoisotopic (exact) mass is 240 g/mol. The lowest BCUT2D eigenvalue weighted by atomic mass is 10.00. The zero-order valence-electron chi connectivity index (χ0n) is 11.2. The molecule has 0 heterocycles. The van der Waals surface area contributed by atoms with Crippen molar-refractivity contribution in [3.8, 4) is 6.07 Å². The Labute approximate surface area is 104 Å². The maximum Gasteiger partial charge on any atom is 0.251 e. The van der Waals surface area contributed by atoms with Gasteiger partial charge >= 0.3 is 0 Å². The number of nitrogens with zero attached hydrogens (tertiary/aromatic N) is 2. The van der Waals surface area contributed by atoms with Crippen molar-refractivity contribution in [1.29, 1.82) is 5.26 Å². The van der Waals surface area contributed by atoms with Gasteiger partial charge in [-0.3, -0.25) is 15.1 Å². The van der Waals surface area contributed by atoms with Crippen molar-refractivity contribution < 1.29 is 4.79 Å². The molecule has 98 valence electrons. The molecule has 0 aromatic rings. The van der Waals surface area contributed by atoms with Gasteiger partial charge in [-0.1, -0.05) is 27.7 Å². The number of rotatable bonds is 7. The standard InChI is InChI=1S/C12H24N4O/c1-9(2)8-16(7-5-6-13)11(10(3)4)12(17)15-14/h9-11H,5,7-8,14H2,1-4H3,(H,15,17). The molecule has 0 aromatic heterocycles. The van der Waals surface area contributed by atoms with E-state index < -0.39 is 0 Å². The molecule has 5 nitrogen and oxygen atoms in total. The fourth-order valence-electron chi connectivity index (χ4n) is 1.98. The van der Waals surface area contributed by atoms with Crippen LogP contribution in [0.2, 0.25) is 0 Å². The van der Waals surface area contributed by atoms with Crippen molar-refractivity contribution in [1.82, 2.24) is 10.3 Å². The van der Waals surface area contributed by atoms with Gasteiger partial charge in [-0.05, 0) is 11.8 Å². The third kappa shape index (κ3) is 5.66. The van der Waals surface area contributed by atoms with Crippen LogP contribution in [0.25, 0.3) is 0 Å². The predicted octanol–water partition coefficient (Wildman–Crippen LogP) is 0.873. The minimum absolute atomic E-state index is 0.163. The first-order chi connectivity index (χ1) is 7.93. The molecular formula is C12H24N4O. The van der Waals surface area contributed by atoms with E-state index in [0.717, 1.165) is 6.54 Å². The van der Waals surface area contributed by atoms with Crippen molar-refractivity contribution in [3.63, 3.8) is 0 Å². The zero-order chi connectivity index (χ0) is 13.4. The largest absolute Gasteiger partial charge is 0.293 e. The highest BCUT2D eigenvalue weighted by Crippen LogP contribution is 2.13. The number of amides is 1. The smallest absolute Gasteiger partial charge is 0.251 e. The van der Waals surface area contributed by atoms with E-state index in [0.29, 0.717) is 18.9 Å². The van der Waals surface area contributed by atoms with Gasteiger partial charge in [-0.15, -0.1) is 0 Å². The fourth-order valence-corrected chi connectivity index (χ4v) is 1.98. The molecule has 0 radical (unpaired) electrons. The Balaban J connectivity index is 4.80.